The van der Waals surface area contributed by atoms with E-state index in [1.165, 1.54) is 5.56 Å². The molecular formula is C8H7NOPb. The topological polar surface area (TPSA) is 21.6 Å². The molecule has 0 spiro atoms. The molecule has 0 fully saturated rings. The van der Waals surface area contributed by atoms with Crippen molar-refractivity contribution in [1.29, 1.82) is 0 Å². The van der Waals surface area contributed by atoms with Crippen molar-refractivity contribution in [3.05, 3.63) is 29.8 Å². The van der Waals surface area contributed by atoms with Crippen molar-refractivity contribution in [2.24, 2.45) is 5.16 Å². The van der Waals surface area contributed by atoms with Crippen LogP contribution in [0, 0.1) is 0 Å². The molecule has 3 heteroatoms. The van der Waals surface area contributed by atoms with Crippen LogP contribution in [0.25, 0.3) is 0 Å². The Morgan fingerprint density at radius 2 is 2.09 bits per heavy atom. The van der Waals surface area contributed by atoms with Gasteiger partial charge in [0.05, 0.1) is 0 Å². The molecule has 0 aliphatic carbocycles. The van der Waals surface area contributed by atoms with Gasteiger partial charge in [-0.25, -0.2) is 0 Å². The maximum Gasteiger partial charge on any atom is 0.161 e. The number of nitrogens with zero attached hydrogens (tertiary/aromatic N) is 1. The predicted octanol–water partition coefficient (Wildman–Crippen LogP) is 1.23. The van der Waals surface area contributed by atoms with Crippen molar-refractivity contribution in [1.82, 2.24) is 0 Å². The van der Waals surface area contributed by atoms with Crippen LogP contribution in [0.2, 0.25) is 0 Å². The summed E-state index contributed by atoms with van der Waals surface area (Å²) >= 11 is 0. The summed E-state index contributed by atoms with van der Waals surface area (Å²) in [5, 5.41) is 3.69. The summed E-state index contributed by atoms with van der Waals surface area (Å²) in [6.45, 7) is 0. The molecule has 0 atom stereocenters. The van der Waals surface area contributed by atoms with Gasteiger partial charge in [-0.1, -0.05) is 23.4 Å². The van der Waals surface area contributed by atoms with Crippen molar-refractivity contribution in [3.8, 4) is 5.75 Å². The Hall–Kier alpha value is -0.388. The summed E-state index contributed by atoms with van der Waals surface area (Å²) in [4.78, 5) is 4.99. The molecule has 0 saturated heterocycles. The molecule has 4 radical (unpaired) electrons. The van der Waals surface area contributed by atoms with E-state index in [1.807, 2.05) is 24.3 Å². The van der Waals surface area contributed by atoms with E-state index in [1.54, 1.807) is 6.21 Å². The minimum absolute atomic E-state index is 0. The standard InChI is InChI=1S/C8H7NO.Pb/c1-2-4-8-7(3-1)5-6-9-10-8;/h1-4,6H,5H2;. The second-order valence-corrected chi connectivity index (χ2v) is 2.19. The Morgan fingerprint density at radius 1 is 1.27 bits per heavy atom. The molecule has 0 N–H and O–H groups in total. The molecule has 11 heavy (non-hydrogen) atoms. The van der Waals surface area contributed by atoms with Crippen LogP contribution in [-0.4, -0.2) is 33.5 Å². The number of fused-ring (bicyclic) bond motifs is 1. The summed E-state index contributed by atoms with van der Waals surface area (Å²) in [7, 11) is 0. The molecular weight excluding hydrogens is 333 g/mol. The number of hydrogen-bond acceptors (Lipinski definition) is 2. The summed E-state index contributed by atoms with van der Waals surface area (Å²) in [5.74, 6) is 0.880. The van der Waals surface area contributed by atoms with Crippen LogP contribution in [0.1, 0.15) is 5.56 Å². The second-order valence-electron chi connectivity index (χ2n) is 2.19. The smallest absolute Gasteiger partial charge is 0.161 e. The Kier molecular flexibility index (Phi) is 3.05. The second kappa shape index (κ2) is 3.85. The summed E-state index contributed by atoms with van der Waals surface area (Å²) in [6, 6.07) is 7.91. The SMILES string of the molecule is C1=NOc2ccccc2C1.[Pb]. The zero-order chi connectivity index (χ0) is 6.81. The molecule has 1 heterocycles. The monoisotopic (exact) mass is 341 g/mol. The third kappa shape index (κ3) is 1.80. The van der Waals surface area contributed by atoms with Gasteiger partial charge in [0.2, 0.25) is 0 Å². The number of oxime groups is 1. The minimum Gasteiger partial charge on any atom is -0.357 e. The molecule has 1 aromatic rings. The molecule has 1 aliphatic rings. The van der Waals surface area contributed by atoms with Gasteiger partial charge < -0.3 is 4.84 Å². The van der Waals surface area contributed by atoms with Gasteiger partial charge in [0.15, 0.2) is 5.75 Å². The third-order valence-corrected chi connectivity index (χ3v) is 1.51. The summed E-state index contributed by atoms with van der Waals surface area (Å²) < 4.78 is 0. The predicted molar refractivity (Wildman–Crippen MR) is 45.0 cm³/mol. The summed E-state index contributed by atoms with van der Waals surface area (Å²) in [5.41, 5.74) is 1.21. The molecule has 0 unspecified atom stereocenters. The quantitative estimate of drug-likeness (QED) is 0.651. The van der Waals surface area contributed by atoms with E-state index in [2.05, 4.69) is 5.16 Å². The fraction of sp³-hybridized carbons (Fsp3) is 0.125. The van der Waals surface area contributed by atoms with Crippen LogP contribution in [0.4, 0.5) is 0 Å². The van der Waals surface area contributed by atoms with Gasteiger partial charge in [0.25, 0.3) is 0 Å². The van der Waals surface area contributed by atoms with Gasteiger partial charge in [-0.3, -0.25) is 0 Å². The van der Waals surface area contributed by atoms with Crippen LogP contribution in [0.5, 0.6) is 5.75 Å². The molecule has 0 bridgehead atoms. The van der Waals surface area contributed by atoms with E-state index in [9.17, 15) is 0 Å². The normalized spacial score (nSPS) is 12.7. The van der Waals surface area contributed by atoms with E-state index >= 15 is 0 Å². The van der Waals surface area contributed by atoms with Crippen LogP contribution >= 0.6 is 0 Å². The molecule has 2 nitrogen and oxygen atoms in total. The van der Waals surface area contributed by atoms with Gasteiger partial charge >= 0.3 is 0 Å². The van der Waals surface area contributed by atoms with Gasteiger partial charge in [0.1, 0.15) is 0 Å². The van der Waals surface area contributed by atoms with Crippen LogP contribution < -0.4 is 4.84 Å². The molecule has 54 valence electrons. The molecule has 2 rings (SSSR count). The van der Waals surface area contributed by atoms with Crippen molar-refractivity contribution in [2.75, 3.05) is 0 Å². The maximum atomic E-state index is 4.99. The summed E-state index contributed by atoms with van der Waals surface area (Å²) in [6.07, 6.45) is 2.65. The first-order chi connectivity index (χ1) is 4.97. The van der Waals surface area contributed by atoms with E-state index in [0.717, 1.165) is 12.2 Å². The third-order valence-electron chi connectivity index (χ3n) is 1.51. The molecule has 0 aromatic heterocycles. The number of rotatable bonds is 0. The van der Waals surface area contributed by atoms with E-state index < -0.39 is 0 Å². The Labute approximate surface area is 85.4 Å². The first-order valence-electron chi connectivity index (χ1n) is 3.23. The molecule has 1 aliphatic heterocycles. The van der Waals surface area contributed by atoms with Crippen molar-refractivity contribution >= 4 is 33.5 Å². The first kappa shape index (κ1) is 8.71. The zero-order valence-electron chi connectivity index (χ0n) is 5.95. The van der Waals surface area contributed by atoms with Crippen molar-refractivity contribution in [2.45, 2.75) is 6.42 Å². The fourth-order valence-corrected chi connectivity index (χ4v) is 0.991. The van der Waals surface area contributed by atoms with Gasteiger partial charge in [-0.05, 0) is 6.07 Å². The van der Waals surface area contributed by atoms with Gasteiger partial charge in [-0.2, -0.15) is 0 Å². The Bertz CT molecular complexity index is 246. The Balaban J connectivity index is 0.000000605. The van der Waals surface area contributed by atoms with Gasteiger partial charge in [-0.15, -0.1) is 0 Å². The minimum atomic E-state index is 0. The van der Waals surface area contributed by atoms with E-state index in [4.69, 9.17) is 4.84 Å². The van der Waals surface area contributed by atoms with Crippen LogP contribution in [0.15, 0.2) is 29.4 Å². The number of hydrogen-bond donors (Lipinski definition) is 0. The maximum absolute atomic E-state index is 4.99. The van der Waals surface area contributed by atoms with Crippen LogP contribution in [-0.2, 0) is 6.42 Å². The first-order valence-corrected chi connectivity index (χ1v) is 3.23. The largest absolute Gasteiger partial charge is 0.357 e. The average Bonchev–Trinajstić information content (AvgIpc) is 2.05. The molecule has 1 aromatic carbocycles. The van der Waals surface area contributed by atoms with Crippen molar-refractivity contribution in [3.63, 3.8) is 0 Å². The number of para-hydroxylation sites is 1. The average molecular weight is 340 g/mol. The van der Waals surface area contributed by atoms with E-state index in [0.29, 0.717) is 0 Å². The van der Waals surface area contributed by atoms with Crippen molar-refractivity contribution < 1.29 is 4.84 Å². The van der Waals surface area contributed by atoms with E-state index in [-0.39, 0.29) is 27.3 Å². The van der Waals surface area contributed by atoms with Gasteiger partial charge in [0, 0.05) is 45.5 Å². The zero-order valence-corrected chi connectivity index (χ0v) is 9.84. The molecule has 0 saturated carbocycles. The molecule has 0 amide bonds. The fourth-order valence-electron chi connectivity index (χ4n) is 0.991. The van der Waals surface area contributed by atoms with Crippen LogP contribution in [0.3, 0.4) is 0 Å². The number of benzene rings is 1. The Morgan fingerprint density at radius 3 is 2.91 bits per heavy atom.